The van der Waals surface area contributed by atoms with Gasteiger partial charge in [0.05, 0.1) is 10.7 Å². The molecule has 7 heteroatoms. The van der Waals surface area contributed by atoms with E-state index >= 15 is 0 Å². The lowest BCUT2D eigenvalue weighted by molar-refractivity contribution is 0.0932. The number of carbonyl (C=O) groups excluding carboxylic acids is 1. The Morgan fingerprint density at radius 2 is 1.91 bits per heavy atom. The minimum atomic E-state index is 0. The minimum Gasteiger partial charge on any atom is -0.348 e. The SMILES string of the molecule is Cc1nc(C2CCCC2)sc1C(=O)NC1CCCC1CN.Cl.Cl. The first-order chi connectivity index (χ1) is 10.2. The molecular weight excluding hydrogens is 353 g/mol. The Balaban J connectivity index is 0.00000132. The molecule has 2 aliphatic rings. The van der Waals surface area contributed by atoms with Crippen molar-refractivity contribution in [2.24, 2.45) is 11.7 Å². The van der Waals surface area contributed by atoms with E-state index in [0.717, 1.165) is 28.4 Å². The highest BCUT2D eigenvalue weighted by atomic mass is 35.5. The summed E-state index contributed by atoms with van der Waals surface area (Å²) in [6, 6.07) is 0.249. The van der Waals surface area contributed by atoms with Crippen molar-refractivity contribution in [3.8, 4) is 0 Å². The van der Waals surface area contributed by atoms with Crippen LogP contribution in [0.1, 0.15) is 71.2 Å². The number of hydrogen-bond acceptors (Lipinski definition) is 4. The van der Waals surface area contributed by atoms with E-state index in [0.29, 0.717) is 18.4 Å². The average Bonchev–Trinajstić information content (AvgIpc) is 3.17. The maximum Gasteiger partial charge on any atom is 0.263 e. The molecule has 1 heterocycles. The Bertz CT molecular complexity index is 517. The fourth-order valence-electron chi connectivity index (χ4n) is 3.72. The fourth-order valence-corrected chi connectivity index (χ4v) is 4.86. The van der Waals surface area contributed by atoms with Crippen molar-refractivity contribution in [2.75, 3.05) is 6.54 Å². The predicted octanol–water partition coefficient (Wildman–Crippen LogP) is 3.81. The number of thiazole rings is 1. The standard InChI is InChI=1S/C16H25N3OS.2ClH/c1-10-14(21-16(18-10)11-5-2-3-6-11)15(20)19-13-8-4-7-12(13)9-17;;/h11-13H,2-9,17H2,1H3,(H,19,20);2*1H. The van der Waals surface area contributed by atoms with Crippen molar-refractivity contribution in [3.05, 3.63) is 15.6 Å². The lowest BCUT2D eigenvalue weighted by Crippen LogP contribution is -2.39. The molecule has 0 radical (unpaired) electrons. The van der Waals surface area contributed by atoms with E-state index in [1.165, 1.54) is 32.1 Å². The quantitative estimate of drug-likeness (QED) is 0.835. The molecule has 23 heavy (non-hydrogen) atoms. The third kappa shape index (κ3) is 4.59. The van der Waals surface area contributed by atoms with Gasteiger partial charge in [-0.3, -0.25) is 4.79 Å². The molecule has 0 bridgehead atoms. The minimum absolute atomic E-state index is 0. The molecule has 3 N–H and O–H groups in total. The van der Waals surface area contributed by atoms with Crippen LogP contribution in [0.15, 0.2) is 0 Å². The molecule has 2 fully saturated rings. The van der Waals surface area contributed by atoms with Crippen molar-refractivity contribution in [3.63, 3.8) is 0 Å². The van der Waals surface area contributed by atoms with E-state index in [9.17, 15) is 4.79 Å². The van der Waals surface area contributed by atoms with Gasteiger partial charge in [0.15, 0.2) is 0 Å². The summed E-state index contributed by atoms with van der Waals surface area (Å²) in [5, 5.41) is 4.36. The Morgan fingerprint density at radius 1 is 1.22 bits per heavy atom. The smallest absolute Gasteiger partial charge is 0.263 e. The van der Waals surface area contributed by atoms with Crippen molar-refractivity contribution < 1.29 is 4.79 Å². The van der Waals surface area contributed by atoms with Crippen LogP contribution >= 0.6 is 36.2 Å². The van der Waals surface area contributed by atoms with Crippen molar-refractivity contribution in [1.82, 2.24) is 10.3 Å². The summed E-state index contributed by atoms with van der Waals surface area (Å²) in [6.07, 6.45) is 8.41. The first-order valence-corrected chi connectivity index (χ1v) is 8.99. The van der Waals surface area contributed by atoms with Crippen LogP contribution in [0.3, 0.4) is 0 Å². The molecule has 132 valence electrons. The molecule has 2 unspecified atom stereocenters. The van der Waals surface area contributed by atoms with Crippen LogP contribution in [-0.2, 0) is 0 Å². The van der Waals surface area contributed by atoms with Gasteiger partial charge in [-0.05, 0) is 45.1 Å². The number of halogens is 2. The summed E-state index contributed by atoms with van der Waals surface area (Å²) in [7, 11) is 0. The molecule has 0 spiro atoms. The van der Waals surface area contributed by atoms with E-state index in [-0.39, 0.29) is 36.8 Å². The van der Waals surface area contributed by atoms with Gasteiger partial charge in [0.25, 0.3) is 5.91 Å². The van der Waals surface area contributed by atoms with Gasteiger partial charge in [0.1, 0.15) is 4.88 Å². The Kier molecular flexibility index (Phi) is 8.28. The van der Waals surface area contributed by atoms with Gasteiger partial charge in [-0.15, -0.1) is 36.2 Å². The monoisotopic (exact) mass is 379 g/mol. The zero-order chi connectivity index (χ0) is 14.8. The predicted molar refractivity (Wildman–Crippen MR) is 100 cm³/mol. The normalized spacial score (nSPS) is 24.1. The van der Waals surface area contributed by atoms with Gasteiger partial charge in [-0.1, -0.05) is 19.3 Å². The molecule has 4 nitrogen and oxygen atoms in total. The highest BCUT2D eigenvalue weighted by Gasteiger charge is 2.29. The van der Waals surface area contributed by atoms with Crippen LogP contribution < -0.4 is 11.1 Å². The largest absolute Gasteiger partial charge is 0.348 e. The van der Waals surface area contributed by atoms with Crippen LogP contribution in [0.25, 0.3) is 0 Å². The van der Waals surface area contributed by atoms with Crippen molar-refractivity contribution >= 4 is 42.1 Å². The Hall–Kier alpha value is -0.360. The molecule has 2 saturated carbocycles. The zero-order valence-electron chi connectivity index (χ0n) is 13.5. The Labute approximate surface area is 154 Å². The molecule has 1 aromatic rings. The Morgan fingerprint density at radius 3 is 2.57 bits per heavy atom. The fraction of sp³-hybridized carbons (Fsp3) is 0.750. The zero-order valence-corrected chi connectivity index (χ0v) is 16.0. The maximum atomic E-state index is 12.5. The summed E-state index contributed by atoms with van der Waals surface area (Å²) < 4.78 is 0. The number of nitrogens with zero attached hydrogens (tertiary/aromatic N) is 1. The number of nitrogens with two attached hydrogens (primary N) is 1. The van der Waals surface area contributed by atoms with E-state index in [2.05, 4.69) is 10.3 Å². The van der Waals surface area contributed by atoms with E-state index in [4.69, 9.17) is 5.73 Å². The van der Waals surface area contributed by atoms with Crippen molar-refractivity contribution in [2.45, 2.75) is 63.8 Å². The molecule has 1 aromatic heterocycles. The number of aryl methyl sites for hydroxylation is 1. The second kappa shape index (κ2) is 9.21. The van der Waals surface area contributed by atoms with E-state index in [1.54, 1.807) is 11.3 Å². The van der Waals surface area contributed by atoms with Crippen LogP contribution in [0, 0.1) is 12.8 Å². The highest BCUT2D eigenvalue weighted by Crippen LogP contribution is 2.37. The van der Waals surface area contributed by atoms with Gasteiger partial charge in [-0.25, -0.2) is 4.98 Å². The van der Waals surface area contributed by atoms with Gasteiger partial charge >= 0.3 is 0 Å². The van der Waals surface area contributed by atoms with Gasteiger partial charge in [0, 0.05) is 12.0 Å². The molecule has 2 aliphatic carbocycles. The van der Waals surface area contributed by atoms with Crippen LogP contribution in [0.4, 0.5) is 0 Å². The third-order valence-electron chi connectivity index (χ3n) is 5.00. The topological polar surface area (TPSA) is 68.0 Å². The van der Waals surface area contributed by atoms with Crippen LogP contribution in [-0.4, -0.2) is 23.5 Å². The van der Waals surface area contributed by atoms with E-state index in [1.807, 2.05) is 6.92 Å². The number of rotatable bonds is 4. The van der Waals surface area contributed by atoms with E-state index < -0.39 is 0 Å². The summed E-state index contributed by atoms with van der Waals surface area (Å²) in [6.45, 7) is 2.62. The lowest BCUT2D eigenvalue weighted by Gasteiger charge is -2.19. The summed E-state index contributed by atoms with van der Waals surface area (Å²) in [5.74, 6) is 1.08. The maximum absolute atomic E-state index is 12.5. The summed E-state index contributed by atoms with van der Waals surface area (Å²) in [4.78, 5) is 18.0. The molecule has 0 aromatic carbocycles. The molecule has 2 atom stereocenters. The van der Waals surface area contributed by atoms with Crippen molar-refractivity contribution in [1.29, 1.82) is 0 Å². The second-order valence-corrected chi connectivity index (χ2v) is 7.49. The van der Waals surface area contributed by atoms with Crippen LogP contribution in [0.2, 0.25) is 0 Å². The summed E-state index contributed by atoms with van der Waals surface area (Å²) >= 11 is 1.60. The van der Waals surface area contributed by atoms with Crippen LogP contribution in [0.5, 0.6) is 0 Å². The average molecular weight is 380 g/mol. The van der Waals surface area contributed by atoms with Gasteiger partial charge in [-0.2, -0.15) is 0 Å². The highest BCUT2D eigenvalue weighted by molar-refractivity contribution is 7.13. The number of amides is 1. The molecular formula is C16H27Cl2N3OS. The number of hydrogen-bond donors (Lipinski definition) is 2. The van der Waals surface area contributed by atoms with Gasteiger partial charge < -0.3 is 11.1 Å². The van der Waals surface area contributed by atoms with Gasteiger partial charge in [0.2, 0.25) is 0 Å². The number of carbonyl (C=O) groups is 1. The molecule has 0 saturated heterocycles. The second-order valence-electron chi connectivity index (χ2n) is 6.45. The lowest BCUT2D eigenvalue weighted by atomic mass is 10.0. The first kappa shape index (κ1) is 20.7. The summed E-state index contributed by atoms with van der Waals surface area (Å²) in [5.41, 5.74) is 6.68. The molecule has 3 rings (SSSR count). The number of aromatic nitrogens is 1. The molecule has 0 aliphatic heterocycles. The first-order valence-electron chi connectivity index (χ1n) is 8.17. The number of nitrogens with one attached hydrogen (secondary N) is 1. The third-order valence-corrected chi connectivity index (χ3v) is 6.32. The molecule has 1 amide bonds.